The van der Waals surface area contributed by atoms with Crippen LogP contribution >= 0.6 is 11.3 Å². The van der Waals surface area contributed by atoms with E-state index in [0.29, 0.717) is 17.5 Å². The highest BCUT2D eigenvalue weighted by molar-refractivity contribution is 7.14. The molecule has 0 atom stereocenters. The molecule has 0 aliphatic carbocycles. The average molecular weight is 462 g/mol. The van der Waals surface area contributed by atoms with Crippen molar-refractivity contribution in [3.63, 3.8) is 0 Å². The fourth-order valence-corrected chi connectivity index (χ4v) is 3.60. The Hall–Kier alpha value is -4.04. The molecule has 0 fully saturated rings. The molecule has 0 radical (unpaired) electrons. The highest BCUT2D eigenvalue weighted by atomic mass is 32.1. The zero-order chi connectivity index (χ0) is 23.0. The van der Waals surface area contributed by atoms with E-state index in [1.165, 1.54) is 35.6 Å². The predicted octanol–water partition coefficient (Wildman–Crippen LogP) is 6.01. The van der Waals surface area contributed by atoms with Gasteiger partial charge in [-0.3, -0.25) is 5.43 Å². The van der Waals surface area contributed by atoms with Crippen molar-refractivity contribution in [2.24, 2.45) is 5.10 Å². The van der Waals surface area contributed by atoms with Crippen LogP contribution < -0.4 is 14.9 Å². The number of nitrogens with zero attached hydrogens (tertiary/aromatic N) is 2. The van der Waals surface area contributed by atoms with Gasteiger partial charge in [0.05, 0.1) is 24.1 Å². The molecule has 6 nitrogen and oxygen atoms in total. The highest BCUT2D eigenvalue weighted by Gasteiger charge is 2.13. The Bertz CT molecular complexity index is 1260. The largest absolute Gasteiger partial charge is 0.490 e. The molecule has 0 spiro atoms. The number of nitrogens with one attached hydrogen (secondary N) is 1. The maximum absolute atomic E-state index is 13.1. The number of carbonyl (C=O) groups excluding carboxylic acids is 1. The zero-order valence-corrected chi connectivity index (χ0v) is 18.5. The topological polar surface area (TPSA) is 72.8 Å². The van der Waals surface area contributed by atoms with Crippen LogP contribution in [0.15, 0.2) is 83.3 Å². The second kappa shape index (κ2) is 10.5. The van der Waals surface area contributed by atoms with Crippen LogP contribution in [0, 0.1) is 5.82 Å². The summed E-state index contributed by atoms with van der Waals surface area (Å²) in [6.45, 7) is 2.22. The van der Waals surface area contributed by atoms with Gasteiger partial charge in [0.15, 0.2) is 11.5 Å². The quantitative estimate of drug-likeness (QED) is 0.150. The number of hydrazone groups is 1. The number of carbonyl (C=O) groups is 1. The van der Waals surface area contributed by atoms with Crippen molar-refractivity contribution < 1.29 is 18.7 Å². The zero-order valence-electron chi connectivity index (χ0n) is 17.7. The summed E-state index contributed by atoms with van der Waals surface area (Å²) >= 11 is 1.46. The molecule has 1 heterocycles. The number of hydrogen-bond acceptors (Lipinski definition) is 7. The van der Waals surface area contributed by atoms with Gasteiger partial charge >= 0.3 is 5.97 Å². The molecule has 1 aromatic heterocycles. The molecule has 1 N–H and O–H groups in total. The molecule has 8 heteroatoms. The summed E-state index contributed by atoms with van der Waals surface area (Å²) in [6.07, 6.45) is 1.62. The van der Waals surface area contributed by atoms with Crippen molar-refractivity contribution in [1.82, 2.24) is 4.98 Å². The number of benzene rings is 3. The highest BCUT2D eigenvalue weighted by Crippen LogP contribution is 2.29. The van der Waals surface area contributed by atoms with Crippen LogP contribution in [-0.2, 0) is 0 Å². The van der Waals surface area contributed by atoms with E-state index in [2.05, 4.69) is 15.5 Å². The molecule has 0 bridgehead atoms. The molecule has 3 aromatic carbocycles. The van der Waals surface area contributed by atoms with E-state index in [1.807, 2.05) is 42.6 Å². The minimum Gasteiger partial charge on any atom is -0.490 e. The van der Waals surface area contributed by atoms with Gasteiger partial charge in [0.2, 0.25) is 5.13 Å². The van der Waals surface area contributed by atoms with Gasteiger partial charge in [0.25, 0.3) is 0 Å². The number of anilines is 1. The van der Waals surface area contributed by atoms with E-state index in [0.717, 1.165) is 16.8 Å². The normalized spacial score (nSPS) is 10.8. The Kier molecular flexibility index (Phi) is 7.06. The van der Waals surface area contributed by atoms with Crippen molar-refractivity contribution in [2.45, 2.75) is 6.92 Å². The Morgan fingerprint density at radius 1 is 1.09 bits per heavy atom. The van der Waals surface area contributed by atoms with Crippen molar-refractivity contribution in [3.05, 3.63) is 95.1 Å². The fourth-order valence-electron chi connectivity index (χ4n) is 2.93. The molecule has 0 unspecified atom stereocenters. The van der Waals surface area contributed by atoms with Crippen LogP contribution in [0.25, 0.3) is 11.3 Å². The van der Waals surface area contributed by atoms with Crippen molar-refractivity contribution in [1.29, 1.82) is 0 Å². The van der Waals surface area contributed by atoms with Crippen LogP contribution in [0.5, 0.6) is 11.5 Å². The summed E-state index contributed by atoms with van der Waals surface area (Å²) in [6, 6.07) is 20.2. The first-order valence-electron chi connectivity index (χ1n) is 10.2. The first-order chi connectivity index (χ1) is 16.1. The van der Waals surface area contributed by atoms with E-state index in [9.17, 15) is 9.18 Å². The smallest absolute Gasteiger partial charge is 0.343 e. The second-order valence-corrected chi connectivity index (χ2v) is 7.67. The van der Waals surface area contributed by atoms with Crippen molar-refractivity contribution in [3.8, 4) is 22.8 Å². The standard InChI is InChI=1S/C25H20FN3O3S/c1-2-31-23-14-17(8-13-22(23)32-24(30)19-9-11-20(26)12-10-19)15-27-29-25-28-21(16-33-25)18-6-4-3-5-7-18/h3-16H,2H2,1H3,(H,28,29)/b27-15-. The van der Waals surface area contributed by atoms with Gasteiger partial charge in [-0.05, 0) is 55.0 Å². The molecule has 166 valence electrons. The maximum atomic E-state index is 13.1. The molecule has 0 aliphatic rings. The third-order valence-electron chi connectivity index (χ3n) is 4.50. The third-order valence-corrected chi connectivity index (χ3v) is 5.24. The van der Waals surface area contributed by atoms with Crippen LogP contribution in [0.4, 0.5) is 9.52 Å². The maximum Gasteiger partial charge on any atom is 0.343 e. The van der Waals surface area contributed by atoms with Crippen LogP contribution in [-0.4, -0.2) is 23.8 Å². The lowest BCUT2D eigenvalue weighted by Gasteiger charge is -2.11. The Balaban J connectivity index is 1.43. The molecule has 0 saturated heterocycles. The lowest BCUT2D eigenvalue weighted by Crippen LogP contribution is -2.10. The summed E-state index contributed by atoms with van der Waals surface area (Å²) in [7, 11) is 0. The van der Waals surface area contributed by atoms with Gasteiger partial charge in [-0.15, -0.1) is 11.3 Å². The summed E-state index contributed by atoms with van der Waals surface area (Å²) in [5.41, 5.74) is 5.83. The van der Waals surface area contributed by atoms with E-state index in [1.54, 1.807) is 24.4 Å². The minimum atomic E-state index is -0.600. The number of rotatable bonds is 8. The summed E-state index contributed by atoms with van der Waals surface area (Å²) in [4.78, 5) is 16.9. The second-order valence-electron chi connectivity index (χ2n) is 6.81. The van der Waals surface area contributed by atoms with Crippen molar-refractivity contribution in [2.75, 3.05) is 12.0 Å². The van der Waals surface area contributed by atoms with E-state index < -0.39 is 11.8 Å². The summed E-state index contributed by atoms with van der Waals surface area (Å²) < 4.78 is 24.1. The van der Waals surface area contributed by atoms with E-state index >= 15 is 0 Å². The van der Waals surface area contributed by atoms with Crippen molar-refractivity contribution >= 4 is 28.7 Å². The monoisotopic (exact) mass is 461 g/mol. The molecule has 0 saturated carbocycles. The average Bonchev–Trinajstić information content (AvgIpc) is 3.31. The summed E-state index contributed by atoms with van der Waals surface area (Å²) in [5, 5.41) is 6.87. The van der Waals surface area contributed by atoms with Gasteiger partial charge in [-0.25, -0.2) is 14.2 Å². The molecule has 33 heavy (non-hydrogen) atoms. The molecular weight excluding hydrogens is 441 g/mol. The number of ether oxygens (including phenoxy) is 2. The third kappa shape index (κ3) is 5.81. The SMILES string of the molecule is CCOc1cc(/C=N\Nc2nc(-c3ccccc3)cs2)ccc1OC(=O)c1ccc(F)cc1. The van der Waals surface area contributed by atoms with Gasteiger partial charge in [0, 0.05) is 10.9 Å². The Labute approximate surface area is 194 Å². The molecular formula is C25H20FN3O3S. The molecule has 4 rings (SSSR count). The predicted molar refractivity (Wildman–Crippen MR) is 128 cm³/mol. The Morgan fingerprint density at radius 2 is 1.88 bits per heavy atom. The number of hydrogen-bond donors (Lipinski definition) is 1. The number of aromatic nitrogens is 1. The first kappa shape index (κ1) is 22.2. The lowest BCUT2D eigenvalue weighted by atomic mass is 10.2. The minimum absolute atomic E-state index is 0.243. The van der Waals surface area contributed by atoms with Gasteiger partial charge < -0.3 is 9.47 Å². The Morgan fingerprint density at radius 3 is 2.64 bits per heavy atom. The fraction of sp³-hybridized carbons (Fsp3) is 0.0800. The van der Waals surface area contributed by atoms with Gasteiger partial charge in [0.1, 0.15) is 5.82 Å². The van der Waals surface area contributed by atoms with Gasteiger partial charge in [-0.1, -0.05) is 30.3 Å². The number of esters is 1. The van der Waals surface area contributed by atoms with Gasteiger partial charge in [-0.2, -0.15) is 5.10 Å². The summed E-state index contributed by atoms with van der Waals surface area (Å²) in [5.74, 6) is -0.355. The molecule has 4 aromatic rings. The number of halogens is 1. The first-order valence-corrected chi connectivity index (χ1v) is 11.0. The van der Waals surface area contributed by atoms with E-state index in [-0.39, 0.29) is 11.3 Å². The molecule has 0 amide bonds. The molecule has 0 aliphatic heterocycles. The number of thiazole rings is 1. The lowest BCUT2D eigenvalue weighted by molar-refractivity contribution is 0.0728. The van der Waals surface area contributed by atoms with Crippen LogP contribution in [0.1, 0.15) is 22.8 Å². The van der Waals surface area contributed by atoms with Crippen LogP contribution in [0.2, 0.25) is 0 Å². The van der Waals surface area contributed by atoms with E-state index in [4.69, 9.17) is 9.47 Å². The van der Waals surface area contributed by atoms with Crippen LogP contribution in [0.3, 0.4) is 0 Å².